The van der Waals surface area contributed by atoms with E-state index in [1.54, 1.807) is 0 Å². The summed E-state index contributed by atoms with van der Waals surface area (Å²) in [5.41, 5.74) is 0. The first kappa shape index (κ1) is 8.94. The molecular formula is CH2InO3. The molecule has 0 aliphatic heterocycles. The van der Waals surface area contributed by atoms with Gasteiger partial charge in [0.15, 0.2) is 0 Å². The molecule has 0 atom stereocenters. The Hall–Kier alpha value is 0.140. The van der Waals surface area contributed by atoms with Crippen LogP contribution in [0.1, 0.15) is 0 Å². The van der Waals surface area contributed by atoms with Crippen molar-refractivity contribution in [2.24, 2.45) is 0 Å². The number of hydrogen-bond acceptors (Lipinski definition) is 1. The fourth-order valence-electron chi connectivity index (χ4n) is 0. The molecule has 0 saturated heterocycles. The molecule has 0 amide bonds. The predicted molar refractivity (Wildman–Crippen MR) is 16.4 cm³/mol. The van der Waals surface area contributed by atoms with Gasteiger partial charge in [0.2, 0.25) is 0 Å². The zero-order valence-electron chi connectivity index (χ0n) is 2.38. The van der Waals surface area contributed by atoms with Crippen LogP contribution in [0.5, 0.6) is 0 Å². The van der Waals surface area contributed by atoms with Crippen molar-refractivity contribution in [1.82, 2.24) is 0 Å². The quantitative estimate of drug-likeness (QED) is 0.540. The van der Waals surface area contributed by atoms with Crippen molar-refractivity contribution in [3.8, 4) is 0 Å². The molecule has 0 heterocycles. The molecule has 3 radical (unpaired) electrons. The summed E-state index contributed by atoms with van der Waals surface area (Å²) in [7, 11) is 0. The maximum atomic E-state index is 8.56. The molecule has 0 fully saturated rings. The van der Waals surface area contributed by atoms with Gasteiger partial charge in [-0.2, -0.15) is 0 Å². The third-order valence-electron chi connectivity index (χ3n) is 0. The minimum atomic E-state index is -1.83. The monoisotopic (exact) mass is 177 g/mol. The normalized spacial score (nSPS) is 4.80. The Kier molecular flexibility index (Phi) is 7.40. The van der Waals surface area contributed by atoms with Crippen LogP contribution in [0, 0.1) is 0 Å². The van der Waals surface area contributed by atoms with E-state index in [1.807, 2.05) is 0 Å². The minimum Gasteiger partial charge on any atom is -0.450 e. The van der Waals surface area contributed by atoms with Crippen LogP contribution < -0.4 is 0 Å². The van der Waals surface area contributed by atoms with E-state index < -0.39 is 6.16 Å². The molecule has 2 N–H and O–H groups in total. The molecular weight excluding hydrogens is 175 g/mol. The summed E-state index contributed by atoms with van der Waals surface area (Å²) in [6.07, 6.45) is -1.83. The third kappa shape index (κ3) is 966. The molecule has 0 aromatic carbocycles. The second-order valence-electron chi connectivity index (χ2n) is 0.283. The van der Waals surface area contributed by atoms with Gasteiger partial charge in [0.25, 0.3) is 0 Å². The van der Waals surface area contributed by atoms with Crippen LogP contribution in [0.2, 0.25) is 0 Å². The Labute approximate surface area is 47.4 Å². The van der Waals surface area contributed by atoms with E-state index in [2.05, 4.69) is 0 Å². The summed E-state index contributed by atoms with van der Waals surface area (Å²) >= 11 is 0. The van der Waals surface area contributed by atoms with Crippen molar-refractivity contribution < 1.29 is 15.0 Å². The second-order valence-corrected chi connectivity index (χ2v) is 0.283. The van der Waals surface area contributed by atoms with Gasteiger partial charge in [0, 0.05) is 25.8 Å². The summed E-state index contributed by atoms with van der Waals surface area (Å²) < 4.78 is 0. The first-order chi connectivity index (χ1) is 1.73. The topological polar surface area (TPSA) is 57.5 Å². The van der Waals surface area contributed by atoms with Crippen LogP contribution in [0.3, 0.4) is 0 Å². The van der Waals surface area contributed by atoms with Crippen LogP contribution in [-0.2, 0) is 0 Å². The summed E-state index contributed by atoms with van der Waals surface area (Å²) in [6.45, 7) is 0. The fraction of sp³-hybridized carbons (Fsp3) is 0. The first-order valence-electron chi connectivity index (χ1n) is 0.651. The summed E-state index contributed by atoms with van der Waals surface area (Å²) in [5.74, 6) is 0. The summed E-state index contributed by atoms with van der Waals surface area (Å²) in [5, 5.41) is 13.9. The van der Waals surface area contributed by atoms with Gasteiger partial charge < -0.3 is 10.2 Å². The molecule has 0 aromatic heterocycles. The van der Waals surface area contributed by atoms with E-state index in [0.717, 1.165) is 0 Å². The Bertz CT molecular complexity index is 29.9. The van der Waals surface area contributed by atoms with Gasteiger partial charge in [-0.15, -0.1) is 0 Å². The van der Waals surface area contributed by atoms with Crippen molar-refractivity contribution >= 4 is 32.0 Å². The van der Waals surface area contributed by atoms with E-state index in [4.69, 9.17) is 15.0 Å². The van der Waals surface area contributed by atoms with Crippen molar-refractivity contribution in [3.05, 3.63) is 0 Å². The van der Waals surface area contributed by atoms with E-state index in [0.29, 0.717) is 0 Å². The van der Waals surface area contributed by atoms with Gasteiger partial charge in [-0.05, 0) is 0 Å². The van der Waals surface area contributed by atoms with Crippen LogP contribution in [0.25, 0.3) is 0 Å². The van der Waals surface area contributed by atoms with Crippen LogP contribution in [-0.4, -0.2) is 42.2 Å². The molecule has 0 rings (SSSR count). The van der Waals surface area contributed by atoms with Crippen LogP contribution in [0.15, 0.2) is 0 Å². The molecule has 3 nitrogen and oxygen atoms in total. The molecule has 0 aliphatic rings. The number of carboxylic acid groups (broad SMARTS) is 2. The standard InChI is InChI=1S/CH2O3.In/c2-1(3)4;/h(H2,2,3,4);. The second kappa shape index (κ2) is 4.14. The smallest absolute Gasteiger partial charge is 0.450 e. The van der Waals surface area contributed by atoms with Gasteiger partial charge in [-0.1, -0.05) is 0 Å². The zero-order valence-corrected chi connectivity index (χ0v) is 5.68. The third-order valence-corrected chi connectivity index (χ3v) is 0. The average molecular weight is 177 g/mol. The zero-order chi connectivity index (χ0) is 3.58. The molecule has 0 bridgehead atoms. The molecule has 0 unspecified atom stereocenters. The van der Waals surface area contributed by atoms with Crippen molar-refractivity contribution in [2.75, 3.05) is 0 Å². The Morgan fingerprint density at radius 2 is 1.40 bits per heavy atom. The number of rotatable bonds is 0. The Morgan fingerprint density at radius 1 is 1.40 bits per heavy atom. The maximum Gasteiger partial charge on any atom is 0.503 e. The van der Waals surface area contributed by atoms with E-state index in [1.165, 1.54) is 0 Å². The maximum absolute atomic E-state index is 8.56. The minimum absolute atomic E-state index is 0. The number of carbonyl (C=O) groups is 1. The molecule has 0 aliphatic carbocycles. The van der Waals surface area contributed by atoms with Gasteiger partial charge in [-0.25, -0.2) is 4.79 Å². The Balaban J connectivity index is 0. The molecule has 5 heavy (non-hydrogen) atoms. The molecule has 4 heteroatoms. The first-order valence-corrected chi connectivity index (χ1v) is 0.651. The molecule has 0 saturated carbocycles. The van der Waals surface area contributed by atoms with Gasteiger partial charge in [0.05, 0.1) is 0 Å². The summed E-state index contributed by atoms with van der Waals surface area (Å²) in [6, 6.07) is 0. The predicted octanol–water partition coefficient (Wildman–Crippen LogP) is -0.158. The van der Waals surface area contributed by atoms with Gasteiger partial charge in [-0.3, -0.25) is 0 Å². The molecule has 0 spiro atoms. The van der Waals surface area contributed by atoms with Crippen molar-refractivity contribution in [3.63, 3.8) is 0 Å². The van der Waals surface area contributed by atoms with E-state index >= 15 is 0 Å². The number of hydrogen-bond donors (Lipinski definition) is 2. The molecule has 27 valence electrons. The Morgan fingerprint density at radius 3 is 1.40 bits per heavy atom. The van der Waals surface area contributed by atoms with Crippen molar-refractivity contribution in [2.45, 2.75) is 0 Å². The summed E-state index contributed by atoms with van der Waals surface area (Å²) in [4.78, 5) is 8.56. The van der Waals surface area contributed by atoms with Crippen LogP contribution in [0.4, 0.5) is 4.79 Å². The molecule has 0 aromatic rings. The SMILES string of the molecule is O=C(O)O.[In]. The van der Waals surface area contributed by atoms with Gasteiger partial charge >= 0.3 is 6.16 Å². The average Bonchev–Trinajstić information content (AvgIpc) is 0.811. The largest absolute Gasteiger partial charge is 0.503 e. The fourth-order valence-corrected chi connectivity index (χ4v) is 0. The van der Waals surface area contributed by atoms with Crippen molar-refractivity contribution in [1.29, 1.82) is 0 Å². The van der Waals surface area contributed by atoms with Crippen LogP contribution >= 0.6 is 0 Å². The van der Waals surface area contributed by atoms with Gasteiger partial charge in [0.1, 0.15) is 0 Å². The van der Waals surface area contributed by atoms with E-state index in [-0.39, 0.29) is 25.8 Å². The van der Waals surface area contributed by atoms with E-state index in [9.17, 15) is 0 Å².